The molecule has 2 nitrogen and oxygen atoms in total. The zero-order valence-corrected chi connectivity index (χ0v) is 20.9. The molecular formula is C26H29BrO2Si. The van der Waals surface area contributed by atoms with Crippen molar-refractivity contribution in [3.05, 3.63) is 82.3 Å². The van der Waals surface area contributed by atoms with E-state index in [4.69, 9.17) is 8.84 Å². The molecule has 0 fully saturated rings. The van der Waals surface area contributed by atoms with Crippen LogP contribution < -0.4 is 0 Å². The Labute approximate surface area is 188 Å². The van der Waals surface area contributed by atoms with Gasteiger partial charge in [-0.25, -0.2) is 0 Å². The molecule has 0 bridgehead atoms. The zero-order valence-electron chi connectivity index (χ0n) is 18.3. The van der Waals surface area contributed by atoms with Gasteiger partial charge in [-0.15, -0.1) is 0 Å². The molecule has 30 heavy (non-hydrogen) atoms. The van der Waals surface area contributed by atoms with Crippen LogP contribution >= 0.6 is 15.9 Å². The van der Waals surface area contributed by atoms with Gasteiger partial charge in [-0.05, 0) is 59.6 Å². The average molecular weight is 482 g/mol. The van der Waals surface area contributed by atoms with Crippen LogP contribution in [0.1, 0.15) is 38.0 Å². The van der Waals surface area contributed by atoms with Crippen LogP contribution in [0.4, 0.5) is 0 Å². The molecule has 4 rings (SSSR count). The third-order valence-corrected chi connectivity index (χ3v) is 11.3. The molecule has 0 radical (unpaired) electrons. The molecule has 0 aliphatic heterocycles. The average Bonchev–Trinajstić information content (AvgIpc) is 3.04. The molecule has 0 aliphatic rings. The molecule has 0 saturated carbocycles. The van der Waals surface area contributed by atoms with Crippen LogP contribution in [0.3, 0.4) is 0 Å². The lowest BCUT2D eigenvalue weighted by Gasteiger charge is -2.39. The van der Waals surface area contributed by atoms with Crippen molar-refractivity contribution in [1.29, 1.82) is 0 Å². The molecule has 0 saturated heterocycles. The van der Waals surface area contributed by atoms with Crippen LogP contribution in [0.5, 0.6) is 0 Å². The third kappa shape index (κ3) is 4.27. The second-order valence-electron chi connectivity index (χ2n) is 9.55. The first-order valence-corrected chi connectivity index (χ1v) is 14.2. The molecule has 3 aromatic carbocycles. The highest BCUT2D eigenvalue weighted by atomic mass is 79.9. The maximum Gasteiger partial charge on any atom is 0.192 e. The predicted molar refractivity (Wildman–Crippen MR) is 133 cm³/mol. The Balaban J connectivity index is 1.80. The number of rotatable bonds is 5. The van der Waals surface area contributed by atoms with Crippen LogP contribution in [0.25, 0.3) is 21.9 Å². The van der Waals surface area contributed by atoms with Crippen LogP contribution in [0, 0.1) is 0 Å². The van der Waals surface area contributed by atoms with Gasteiger partial charge in [0.25, 0.3) is 0 Å². The normalized spacial score (nSPS) is 13.8. The summed E-state index contributed by atoms with van der Waals surface area (Å²) in [6.07, 6.45) is 0.869. The Morgan fingerprint density at radius 3 is 2.20 bits per heavy atom. The van der Waals surface area contributed by atoms with Gasteiger partial charge in [0.1, 0.15) is 11.2 Å². The highest BCUT2D eigenvalue weighted by molar-refractivity contribution is 9.10. The molecule has 156 valence electrons. The van der Waals surface area contributed by atoms with E-state index in [0.29, 0.717) is 0 Å². The Morgan fingerprint density at radius 2 is 1.53 bits per heavy atom. The Morgan fingerprint density at radius 1 is 0.900 bits per heavy atom. The largest absolute Gasteiger partial charge is 0.456 e. The van der Waals surface area contributed by atoms with Gasteiger partial charge in [0, 0.05) is 21.7 Å². The third-order valence-electron chi connectivity index (χ3n) is 6.33. The Hall–Kier alpha value is -1.88. The fourth-order valence-corrected chi connectivity index (χ4v) is 5.20. The lowest BCUT2D eigenvalue weighted by molar-refractivity contribution is 0.184. The summed E-state index contributed by atoms with van der Waals surface area (Å²) >= 11 is 3.60. The lowest BCUT2D eigenvalue weighted by Crippen LogP contribution is -2.42. The van der Waals surface area contributed by atoms with E-state index in [1.165, 1.54) is 11.1 Å². The summed E-state index contributed by atoms with van der Waals surface area (Å²) in [5.41, 5.74) is 4.33. The molecule has 1 heterocycles. The number of halogens is 1. The van der Waals surface area contributed by atoms with Crippen molar-refractivity contribution in [1.82, 2.24) is 0 Å². The number of benzene rings is 3. The van der Waals surface area contributed by atoms with E-state index in [2.05, 4.69) is 104 Å². The number of fused-ring (bicyclic) bond motifs is 3. The van der Waals surface area contributed by atoms with Crippen LogP contribution in [0.2, 0.25) is 18.1 Å². The summed E-state index contributed by atoms with van der Waals surface area (Å²) in [6, 6.07) is 23.3. The minimum Gasteiger partial charge on any atom is -0.456 e. The maximum atomic E-state index is 6.95. The molecule has 0 spiro atoms. The highest BCUT2D eigenvalue weighted by Crippen LogP contribution is 2.41. The SMILES string of the molecule is CC(C)(C)[Si](C)(C)OC(Cc1ccccc1)c1ccc2oc3ccc(Br)cc3c2c1. The first-order chi connectivity index (χ1) is 14.1. The van der Waals surface area contributed by atoms with Gasteiger partial charge in [0.05, 0.1) is 6.10 Å². The van der Waals surface area contributed by atoms with Gasteiger partial charge in [0.2, 0.25) is 0 Å². The van der Waals surface area contributed by atoms with Crippen molar-refractivity contribution in [3.63, 3.8) is 0 Å². The molecule has 0 N–H and O–H groups in total. The molecule has 1 atom stereocenters. The topological polar surface area (TPSA) is 22.4 Å². The minimum atomic E-state index is -1.95. The van der Waals surface area contributed by atoms with E-state index < -0.39 is 8.32 Å². The Kier molecular flexibility index (Phi) is 5.69. The number of hydrogen-bond acceptors (Lipinski definition) is 2. The van der Waals surface area contributed by atoms with Crippen molar-refractivity contribution in [2.45, 2.75) is 51.4 Å². The minimum absolute atomic E-state index is 0.00907. The van der Waals surface area contributed by atoms with Crippen molar-refractivity contribution >= 4 is 46.2 Å². The molecule has 4 aromatic rings. The summed E-state index contributed by atoms with van der Waals surface area (Å²) < 4.78 is 14.1. The summed E-state index contributed by atoms with van der Waals surface area (Å²) in [7, 11) is -1.95. The fraction of sp³-hybridized carbons (Fsp3) is 0.308. The van der Waals surface area contributed by atoms with Crippen LogP contribution in [0.15, 0.2) is 75.6 Å². The van der Waals surface area contributed by atoms with E-state index in [9.17, 15) is 0 Å². The molecular weight excluding hydrogens is 452 g/mol. The maximum absolute atomic E-state index is 6.95. The summed E-state index contributed by atoms with van der Waals surface area (Å²) in [6.45, 7) is 11.5. The van der Waals surface area contributed by atoms with Crippen LogP contribution in [-0.4, -0.2) is 8.32 Å². The number of furan rings is 1. The Bertz CT molecular complexity index is 1170. The van der Waals surface area contributed by atoms with Gasteiger partial charge in [0.15, 0.2) is 8.32 Å². The fourth-order valence-electron chi connectivity index (χ4n) is 3.56. The van der Waals surface area contributed by atoms with E-state index in [-0.39, 0.29) is 11.1 Å². The van der Waals surface area contributed by atoms with Gasteiger partial charge in [-0.1, -0.05) is 73.1 Å². The van der Waals surface area contributed by atoms with Gasteiger partial charge >= 0.3 is 0 Å². The first-order valence-electron chi connectivity index (χ1n) is 10.5. The summed E-state index contributed by atoms with van der Waals surface area (Å²) in [5.74, 6) is 0. The van der Waals surface area contributed by atoms with E-state index in [1.54, 1.807) is 0 Å². The lowest BCUT2D eigenvalue weighted by atomic mass is 10.00. The second-order valence-corrected chi connectivity index (χ2v) is 15.2. The highest BCUT2D eigenvalue weighted by Gasteiger charge is 2.39. The van der Waals surface area contributed by atoms with Gasteiger partial charge in [-0.3, -0.25) is 0 Å². The summed E-state index contributed by atoms with van der Waals surface area (Å²) in [4.78, 5) is 0. The molecule has 0 aliphatic carbocycles. The first kappa shape index (κ1) is 21.4. The molecule has 1 unspecified atom stereocenters. The summed E-state index contributed by atoms with van der Waals surface area (Å²) in [5, 5.41) is 2.42. The predicted octanol–water partition coefficient (Wildman–Crippen LogP) is 8.65. The standard InChI is InChI=1S/C26H29BrO2Si/c1-26(2,3)30(4,5)29-25(15-18-9-7-6-8-10-18)19-11-13-23-21(16-19)22-17-20(27)12-14-24(22)28-23/h6-14,16-17,25H,15H2,1-5H3. The second kappa shape index (κ2) is 7.99. The molecule has 0 amide bonds. The van der Waals surface area contributed by atoms with Crippen molar-refractivity contribution in [2.75, 3.05) is 0 Å². The van der Waals surface area contributed by atoms with Gasteiger partial charge < -0.3 is 8.84 Å². The van der Waals surface area contributed by atoms with E-state index in [0.717, 1.165) is 32.8 Å². The number of hydrogen-bond donors (Lipinski definition) is 0. The quantitative estimate of drug-likeness (QED) is 0.266. The van der Waals surface area contributed by atoms with E-state index >= 15 is 0 Å². The zero-order chi connectivity index (χ0) is 21.5. The van der Waals surface area contributed by atoms with Crippen LogP contribution in [-0.2, 0) is 10.8 Å². The van der Waals surface area contributed by atoms with Gasteiger partial charge in [-0.2, -0.15) is 0 Å². The van der Waals surface area contributed by atoms with Crippen molar-refractivity contribution in [2.24, 2.45) is 0 Å². The smallest absolute Gasteiger partial charge is 0.192 e. The molecule has 1 aromatic heterocycles. The molecule has 4 heteroatoms. The van der Waals surface area contributed by atoms with E-state index in [1.807, 2.05) is 12.1 Å². The van der Waals surface area contributed by atoms with Crippen molar-refractivity contribution in [3.8, 4) is 0 Å². The van der Waals surface area contributed by atoms with Crippen molar-refractivity contribution < 1.29 is 8.84 Å². The monoisotopic (exact) mass is 480 g/mol.